The Morgan fingerprint density at radius 2 is 1.96 bits per heavy atom. The van der Waals surface area contributed by atoms with Crippen molar-refractivity contribution in [3.63, 3.8) is 0 Å². The zero-order valence-electron chi connectivity index (χ0n) is 15.9. The van der Waals surface area contributed by atoms with Gasteiger partial charge in [0.1, 0.15) is 5.82 Å². The van der Waals surface area contributed by atoms with E-state index in [2.05, 4.69) is 65.7 Å². The number of rotatable bonds is 6. The van der Waals surface area contributed by atoms with Crippen LogP contribution in [0.1, 0.15) is 38.2 Å². The third kappa shape index (κ3) is 3.90. The fraction of sp³-hybridized carbons (Fsp3) is 0.350. The Morgan fingerprint density at radius 3 is 2.65 bits per heavy atom. The van der Waals surface area contributed by atoms with Crippen molar-refractivity contribution >= 4 is 23.4 Å². The standard InChI is InChI=1S/C20H25N5S/c1-6-26-16-7-8-17(14(4)11-16)23-20-21-10-9-18(24-20)19-12-22-15(5)25(19)13(2)3/h7-13H,6H2,1-5H3,(H,21,23,24). The minimum Gasteiger partial charge on any atom is -0.324 e. The molecular formula is C20H25N5S. The van der Waals surface area contributed by atoms with Gasteiger partial charge in [-0.3, -0.25) is 0 Å². The summed E-state index contributed by atoms with van der Waals surface area (Å²) in [5, 5.41) is 3.35. The molecule has 0 fully saturated rings. The van der Waals surface area contributed by atoms with Crippen molar-refractivity contribution in [1.82, 2.24) is 19.5 Å². The number of nitrogens with one attached hydrogen (secondary N) is 1. The Hall–Kier alpha value is -2.34. The second-order valence-electron chi connectivity index (χ2n) is 6.45. The van der Waals surface area contributed by atoms with E-state index in [1.165, 1.54) is 10.5 Å². The molecule has 1 N–H and O–H groups in total. The first kappa shape index (κ1) is 18.5. The SMILES string of the molecule is CCSc1ccc(Nc2nccc(-c3cnc(C)n3C(C)C)n2)c(C)c1. The van der Waals surface area contributed by atoms with Crippen LogP contribution in [0.3, 0.4) is 0 Å². The summed E-state index contributed by atoms with van der Waals surface area (Å²) in [7, 11) is 0. The molecule has 0 aliphatic heterocycles. The van der Waals surface area contributed by atoms with E-state index in [0.29, 0.717) is 12.0 Å². The Bertz CT molecular complexity index is 901. The quantitative estimate of drug-likeness (QED) is 0.592. The van der Waals surface area contributed by atoms with Crippen molar-refractivity contribution < 1.29 is 0 Å². The summed E-state index contributed by atoms with van der Waals surface area (Å²) in [6, 6.07) is 8.66. The smallest absolute Gasteiger partial charge is 0.227 e. The van der Waals surface area contributed by atoms with Gasteiger partial charge in [-0.05, 0) is 63.3 Å². The van der Waals surface area contributed by atoms with Crippen LogP contribution in [0.4, 0.5) is 11.6 Å². The Labute approximate surface area is 159 Å². The second-order valence-corrected chi connectivity index (χ2v) is 7.79. The predicted molar refractivity (Wildman–Crippen MR) is 109 cm³/mol. The highest BCUT2D eigenvalue weighted by Crippen LogP contribution is 2.27. The summed E-state index contributed by atoms with van der Waals surface area (Å²) in [6.45, 7) is 10.6. The molecule has 2 aromatic heterocycles. The van der Waals surface area contributed by atoms with Gasteiger partial charge in [0.15, 0.2) is 0 Å². The van der Waals surface area contributed by atoms with Gasteiger partial charge < -0.3 is 9.88 Å². The van der Waals surface area contributed by atoms with Crippen molar-refractivity contribution in [3.8, 4) is 11.4 Å². The highest BCUT2D eigenvalue weighted by atomic mass is 32.2. The van der Waals surface area contributed by atoms with Crippen LogP contribution in [0, 0.1) is 13.8 Å². The maximum atomic E-state index is 4.71. The van der Waals surface area contributed by atoms with Crippen LogP contribution in [0.2, 0.25) is 0 Å². The topological polar surface area (TPSA) is 55.6 Å². The lowest BCUT2D eigenvalue weighted by molar-refractivity contribution is 0.587. The van der Waals surface area contributed by atoms with Crippen molar-refractivity contribution in [3.05, 3.63) is 48.0 Å². The predicted octanol–water partition coefficient (Wildman–Crippen LogP) is 5.39. The van der Waals surface area contributed by atoms with E-state index in [1.54, 1.807) is 6.20 Å². The summed E-state index contributed by atoms with van der Waals surface area (Å²) >= 11 is 1.84. The van der Waals surface area contributed by atoms with E-state index >= 15 is 0 Å². The maximum absolute atomic E-state index is 4.71. The van der Waals surface area contributed by atoms with Gasteiger partial charge in [-0.2, -0.15) is 0 Å². The summed E-state index contributed by atoms with van der Waals surface area (Å²) in [5.74, 6) is 2.65. The van der Waals surface area contributed by atoms with Gasteiger partial charge in [-0.15, -0.1) is 11.8 Å². The van der Waals surface area contributed by atoms with E-state index in [9.17, 15) is 0 Å². The zero-order chi connectivity index (χ0) is 18.7. The van der Waals surface area contributed by atoms with Crippen LogP contribution in [0.25, 0.3) is 11.4 Å². The summed E-state index contributed by atoms with van der Waals surface area (Å²) < 4.78 is 2.19. The summed E-state index contributed by atoms with van der Waals surface area (Å²) in [6.07, 6.45) is 3.66. The first-order valence-corrected chi connectivity index (χ1v) is 9.86. The molecule has 5 nitrogen and oxygen atoms in total. The highest BCUT2D eigenvalue weighted by Gasteiger charge is 2.13. The fourth-order valence-electron chi connectivity index (χ4n) is 3.01. The molecule has 0 spiro atoms. The number of benzene rings is 1. The van der Waals surface area contributed by atoms with E-state index < -0.39 is 0 Å². The minimum absolute atomic E-state index is 0.324. The highest BCUT2D eigenvalue weighted by molar-refractivity contribution is 7.99. The summed E-state index contributed by atoms with van der Waals surface area (Å²) in [4.78, 5) is 14.8. The lowest BCUT2D eigenvalue weighted by atomic mass is 10.2. The Balaban J connectivity index is 1.89. The molecule has 0 bridgehead atoms. The number of anilines is 2. The Morgan fingerprint density at radius 1 is 1.15 bits per heavy atom. The largest absolute Gasteiger partial charge is 0.324 e. The van der Waals surface area contributed by atoms with Crippen molar-refractivity contribution in [2.45, 2.75) is 45.6 Å². The first-order valence-electron chi connectivity index (χ1n) is 8.87. The Kier molecular flexibility index (Phi) is 5.61. The normalized spacial score (nSPS) is 11.2. The van der Waals surface area contributed by atoms with Gasteiger partial charge in [0.25, 0.3) is 0 Å². The number of aryl methyl sites for hydroxylation is 2. The van der Waals surface area contributed by atoms with Gasteiger partial charge in [-0.25, -0.2) is 15.0 Å². The molecule has 0 amide bonds. The summed E-state index contributed by atoms with van der Waals surface area (Å²) in [5.41, 5.74) is 4.08. The van der Waals surface area contributed by atoms with Crippen LogP contribution in [-0.2, 0) is 0 Å². The average Bonchev–Trinajstić information content (AvgIpc) is 3.00. The van der Waals surface area contributed by atoms with E-state index in [0.717, 1.165) is 28.7 Å². The molecule has 136 valence electrons. The van der Waals surface area contributed by atoms with Gasteiger partial charge in [0.05, 0.1) is 17.6 Å². The van der Waals surface area contributed by atoms with Crippen LogP contribution in [0.15, 0.2) is 41.6 Å². The molecule has 0 aliphatic carbocycles. The maximum Gasteiger partial charge on any atom is 0.227 e. The molecular weight excluding hydrogens is 342 g/mol. The van der Waals surface area contributed by atoms with Gasteiger partial charge in [0.2, 0.25) is 5.95 Å². The third-order valence-electron chi connectivity index (χ3n) is 4.17. The average molecular weight is 368 g/mol. The molecule has 0 unspecified atom stereocenters. The molecule has 3 aromatic rings. The van der Waals surface area contributed by atoms with Crippen LogP contribution in [-0.4, -0.2) is 25.3 Å². The number of hydrogen-bond acceptors (Lipinski definition) is 5. The minimum atomic E-state index is 0.324. The third-order valence-corrected chi connectivity index (χ3v) is 5.05. The van der Waals surface area contributed by atoms with Crippen LogP contribution < -0.4 is 5.32 Å². The molecule has 0 saturated carbocycles. The van der Waals surface area contributed by atoms with Gasteiger partial charge in [0, 0.05) is 22.8 Å². The number of imidazole rings is 1. The number of thioether (sulfide) groups is 1. The van der Waals surface area contributed by atoms with Crippen LogP contribution in [0.5, 0.6) is 0 Å². The molecule has 6 heteroatoms. The zero-order valence-corrected chi connectivity index (χ0v) is 16.8. The lowest BCUT2D eigenvalue weighted by Crippen LogP contribution is -2.06. The molecule has 0 aliphatic rings. The van der Waals surface area contributed by atoms with Gasteiger partial charge in [-0.1, -0.05) is 6.92 Å². The number of hydrogen-bond donors (Lipinski definition) is 1. The number of aromatic nitrogens is 4. The molecule has 26 heavy (non-hydrogen) atoms. The molecule has 2 heterocycles. The second kappa shape index (κ2) is 7.91. The molecule has 0 atom stereocenters. The van der Waals surface area contributed by atoms with Gasteiger partial charge >= 0.3 is 0 Å². The van der Waals surface area contributed by atoms with E-state index in [4.69, 9.17) is 4.98 Å². The molecule has 0 radical (unpaired) electrons. The fourth-order valence-corrected chi connectivity index (χ4v) is 3.77. The molecule has 1 aromatic carbocycles. The van der Waals surface area contributed by atoms with Crippen molar-refractivity contribution in [1.29, 1.82) is 0 Å². The van der Waals surface area contributed by atoms with E-state index in [-0.39, 0.29) is 0 Å². The van der Waals surface area contributed by atoms with Crippen LogP contribution >= 0.6 is 11.8 Å². The monoisotopic (exact) mass is 367 g/mol. The van der Waals surface area contributed by atoms with Crippen molar-refractivity contribution in [2.24, 2.45) is 0 Å². The molecule has 3 rings (SSSR count). The number of nitrogens with zero attached hydrogens (tertiary/aromatic N) is 4. The van der Waals surface area contributed by atoms with Crippen molar-refractivity contribution in [2.75, 3.05) is 11.1 Å². The van der Waals surface area contributed by atoms with E-state index in [1.807, 2.05) is 30.9 Å². The lowest BCUT2D eigenvalue weighted by Gasteiger charge is -2.14. The first-order chi connectivity index (χ1) is 12.5. The molecule has 0 saturated heterocycles.